The van der Waals surface area contributed by atoms with Gasteiger partial charge in [-0.25, -0.2) is 4.98 Å². The van der Waals surface area contributed by atoms with Gasteiger partial charge in [0.2, 0.25) is 0 Å². The predicted molar refractivity (Wildman–Crippen MR) is 115 cm³/mol. The Morgan fingerprint density at radius 1 is 1.03 bits per heavy atom. The molecule has 0 radical (unpaired) electrons. The van der Waals surface area contributed by atoms with E-state index in [1.54, 1.807) is 31.4 Å². The fourth-order valence-electron chi connectivity index (χ4n) is 2.79. The molecule has 0 spiro atoms. The molecule has 0 bridgehead atoms. The molecule has 30 heavy (non-hydrogen) atoms. The second kappa shape index (κ2) is 10.5. The maximum atomic E-state index is 12.1. The Morgan fingerprint density at radius 2 is 1.83 bits per heavy atom. The minimum absolute atomic E-state index is 0.0425. The van der Waals surface area contributed by atoms with Crippen molar-refractivity contribution in [2.75, 3.05) is 13.7 Å². The van der Waals surface area contributed by atoms with Gasteiger partial charge in [0.1, 0.15) is 11.6 Å². The fraction of sp³-hybridized carbons (Fsp3) is 0.261. The van der Waals surface area contributed by atoms with Crippen LogP contribution in [-0.2, 0) is 16.1 Å². The topological polar surface area (TPSA) is 74.7 Å². The molecule has 156 valence electrons. The Balaban J connectivity index is 1.53. The van der Waals surface area contributed by atoms with Crippen molar-refractivity contribution in [1.29, 1.82) is 0 Å². The fourth-order valence-corrected chi connectivity index (χ4v) is 3.59. The third-order valence-electron chi connectivity index (χ3n) is 4.30. The molecule has 0 aliphatic heterocycles. The summed E-state index contributed by atoms with van der Waals surface area (Å²) in [5.74, 6) is 0.824. The monoisotopic (exact) mass is 425 g/mol. The molecule has 0 fully saturated rings. The lowest BCUT2D eigenvalue weighted by atomic mass is 10.1. The maximum absolute atomic E-state index is 12.1. The van der Waals surface area contributed by atoms with Crippen LogP contribution in [0.15, 0.2) is 53.9 Å². The Hall–Kier alpha value is -3.19. The SMILES string of the molecule is CCOc1ccc(-c2nc(COC(=O)CCC(=O)c3ccccc3)cs2)cc1OC. The number of aromatic nitrogens is 1. The van der Waals surface area contributed by atoms with Gasteiger partial charge in [-0.1, -0.05) is 30.3 Å². The van der Waals surface area contributed by atoms with Gasteiger partial charge in [-0.05, 0) is 25.1 Å². The van der Waals surface area contributed by atoms with Crippen molar-refractivity contribution in [2.24, 2.45) is 0 Å². The molecule has 2 aromatic carbocycles. The van der Waals surface area contributed by atoms with Crippen LogP contribution in [0.3, 0.4) is 0 Å². The van der Waals surface area contributed by atoms with E-state index in [2.05, 4.69) is 4.98 Å². The van der Waals surface area contributed by atoms with E-state index in [-0.39, 0.29) is 25.2 Å². The van der Waals surface area contributed by atoms with Crippen molar-refractivity contribution in [1.82, 2.24) is 4.98 Å². The Bertz CT molecular complexity index is 1000. The molecule has 7 heteroatoms. The highest BCUT2D eigenvalue weighted by Crippen LogP contribution is 2.33. The standard InChI is InChI=1S/C23H23NO5S/c1-3-28-20-11-9-17(13-21(20)27-2)23-24-18(15-30-23)14-29-22(26)12-10-19(25)16-7-5-4-6-8-16/h4-9,11,13,15H,3,10,12,14H2,1-2H3. The first-order valence-electron chi connectivity index (χ1n) is 9.60. The number of methoxy groups -OCH3 is 1. The van der Waals surface area contributed by atoms with E-state index < -0.39 is 5.97 Å². The summed E-state index contributed by atoms with van der Waals surface area (Å²) in [6.45, 7) is 2.54. The van der Waals surface area contributed by atoms with E-state index in [4.69, 9.17) is 14.2 Å². The van der Waals surface area contributed by atoms with Crippen LogP contribution in [0.2, 0.25) is 0 Å². The molecular weight excluding hydrogens is 402 g/mol. The molecule has 3 aromatic rings. The molecule has 0 aliphatic carbocycles. The van der Waals surface area contributed by atoms with Gasteiger partial charge in [0.05, 0.1) is 25.8 Å². The van der Waals surface area contributed by atoms with Gasteiger partial charge in [0.25, 0.3) is 0 Å². The van der Waals surface area contributed by atoms with Crippen molar-refractivity contribution in [2.45, 2.75) is 26.4 Å². The number of carbonyl (C=O) groups is 2. The molecule has 1 heterocycles. The Morgan fingerprint density at radius 3 is 2.57 bits per heavy atom. The number of thiazole rings is 1. The summed E-state index contributed by atoms with van der Waals surface area (Å²) < 4.78 is 16.2. The zero-order valence-corrected chi connectivity index (χ0v) is 17.7. The lowest BCUT2D eigenvalue weighted by Crippen LogP contribution is -2.08. The van der Waals surface area contributed by atoms with Crippen LogP contribution in [0.5, 0.6) is 11.5 Å². The van der Waals surface area contributed by atoms with Crippen molar-refractivity contribution < 1.29 is 23.8 Å². The van der Waals surface area contributed by atoms with E-state index >= 15 is 0 Å². The van der Waals surface area contributed by atoms with Gasteiger partial charge >= 0.3 is 5.97 Å². The number of hydrogen-bond donors (Lipinski definition) is 0. The van der Waals surface area contributed by atoms with Crippen molar-refractivity contribution in [3.8, 4) is 22.1 Å². The van der Waals surface area contributed by atoms with Gasteiger partial charge in [-0.2, -0.15) is 0 Å². The number of carbonyl (C=O) groups excluding carboxylic acids is 2. The molecular formula is C23H23NO5S. The maximum Gasteiger partial charge on any atom is 0.306 e. The molecule has 0 atom stereocenters. The predicted octanol–water partition coefficient (Wildman–Crippen LogP) is 4.92. The summed E-state index contributed by atoms with van der Waals surface area (Å²) in [4.78, 5) is 28.6. The average molecular weight is 426 g/mol. The molecule has 6 nitrogen and oxygen atoms in total. The number of rotatable bonds is 10. The molecule has 0 aliphatic rings. The second-order valence-electron chi connectivity index (χ2n) is 6.39. The molecule has 0 saturated heterocycles. The molecule has 3 rings (SSSR count). The third-order valence-corrected chi connectivity index (χ3v) is 5.24. The minimum Gasteiger partial charge on any atom is -0.493 e. The first kappa shape index (κ1) is 21.5. The van der Waals surface area contributed by atoms with Crippen LogP contribution in [0.25, 0.3) is 10.6 Å². The lowest BCUT2D eigenvalue weighted by molar-refractivity contribution is -0.145. The third kappa shape index (κ3) is 5.67. The Labute approximate surface area is 179 Å². The highest BCUT2D eigenvalue weighted by Gasteiger charge is 2.13. The zero-order chi connectivity index (χ0) is 21.3. The van der Waals surface area contributed by atoms with Crippen molar-refractivity contribution in [3.05, 3.63) is 65.2 Å². The van der Waals surface area contributed by atoms with Crippen LogP contribution in [0.4, 0.5) is 0 Å². The first-order valence-corrected chi connectivity index (χ1v) is 10.5. The molecule has 1 aromatic heterocycles. The second-order valence-corrected chi connectivity index (χ2v) is 7.25. The van der Waals surface area contributed by atoms with Crippen LogP contribution < -0.4 is 9.47 Å². The first-order chi connectivity index (χ1) is 14.6. The van der Waals surface area contributed by atoms with Crippen LogP contribution in [-0.4, -0.2) is 30.5 Å². The number of ether oxygens (including phenoxy) is 3. The number of hydrogen-bond acceptors (Lipinski definition) is 7. The number of ketones is 1. The van der Waals surface area contributed by atoms with E-state index in [0.717, 1.165) is 10.6 Å². The number of esters is 1. The normalized spacial score (nSPS) is 10.5. The van der Waals surface area contributed by atoms with Gasteiger partial charge in [-0.3, -0.25) is 9.59 Å². The Kier molecular flexibility index (Phi) is 7.57. The van der Waals surface area contributed by atoms with Gasteiger partial charge in [0, 0.05) is 22.9 Å². The van der Waals surface area contributed by atoms with E-state index in [0.29, 0.717) is 29.4 Å². The highest BCUT2D eigenvalue weighted by atomic mass is 32.1. The zero-order valence-electron chi connectivity index (χ0n) is 16.9. The van der Waals surface area contributed by atoms with Crippen molar-refractivity contribution in [3.63, 3.8) is 0 Å². The van der Waals surface area contributed by atoms with Crippen molar-refractivity contribution >= 4 is 23.1 Å². The van der Waals surface area contributed by atoms with Gasteiger partial charge < -0.3 is 14.2 Å². The van der Waals surface area contributed by atoms with Crippen LogP contribution in [0, 0.1) is 0 Å². The summed E-state index contributed by atoms with van der Waals surface area (Å²) in [6, 6.07) is 14.5. The molecule has 0 N–H and O–H groups in total. The lowest BCUT2D eigenvalue weighted by Gasteiger charge is -2.09. The summed E-state index contributed by atoms with van der Waals surface area (Å²) in [5.41, 5.74) is 2.15. The highest BCUT2D eigenvalue weighted by molar-refractivity contribution is 7.13. The summed E-state index contributed by atoms with van der Waals surface area (Å²) in [5, 5.41) is 2.64. The summed E-state index contributed by atoms with van der Waals surface area (Å²) in [7, 11) is 1.59. The van der Waals surface area contributed by atoms with Crippen LogP contribution >= 0.6 is 11.3 Å². The minimum atomic E-state index is -0.420. The largest absolute Gasteiger partial charge is 0.493 e. The molecule has 0 unspecified atom stereocenters. The summed E-state index contributed by atoms with van der Waals surface area (Å²) in [6.07, 6.45) is 0.165. The number of nitrogens with zero attached hydrogens (tertiary/aromatic N) is 1. The van der Waals surface area contributed by atoms with Crippen LogP contribution in [0.1, 0.15) is 35.8 Å². The van der Waals surface area contributed by atoms with Gasteiger partial charge in [-0.15, -0.1) is 11.3 Å². The van der Waals surface area contributed by atoms with Gasteiger partial charge in [0.15, 0.2) is 17.3 Å². The summed E-state index contributed by atoms with van der Waals surface area (Å²) >= 11 is 1.46. The molecule has 0 amide bonds. The van der Waals surface area contributed by atoms with E-state index in [1.165, 1.54) is 11.3 Å². The van der Waals surface area contributed by atoms with E-state index in [1.807, 2.05) is 36.6 Å². The number of Topliss-reactive ketones (excluding diaryl/α,β-unsaturated/α-hetero) is 1. The van der Waals surface area contributed by atoms with E-state index in [9.17, 15) is 9.59 Å². The average Bonchev–Trinajstić information content (AvgIpc) is 3.26. The number of benzene rings is 2. The quantitative estimate of drug-likeness (QED) is 0.339. The smallest absolute Gasteiger partial charge is 0.306 e. The molecule has 0 saturated carbocycles.